The summed E-state index contributed by atoms with van der Waals surface area (Å²) >= 11 is 5.85. The normalized spacial score (nSPS) is 18.4. The summed E-state index contributed by atoms with van der Waals surface area (Å²) < 4.78 is 25.0. The first kappa shape index (κ1) is 35.7. The van der Waals surface area contributed by atoms with E-state index in [-0.39, 0.29) is 42.7 Å². The fourth-order valence-electron chi connectivity index (χ4n) is 5.36. The van der Waals surface area contributed by atoms with Crippen molar-refractivity contribution in [3.63, 3.8) is 0 Å². The second kappa shape index (κ2) is 17.1. The number of likely N-dealkylation sites (tertiary alicyclic amines) is 1. The summed E-state index contributed by atoms with van der Waals surface area (Å²) in [7, 11) is 0. The summed E-state index contributed by atoms with van der Waals surface area (Å²) in [5.41, 5.74) is 0.156. The number of nitrogens with zero attached hydrogens (tertiary/aromatic N) is 4. The van der Waals surface area contributed by atoms with Gasteiger partial charge in [-0.3, -0.25) is 4.79 Å². The van der Waals surface area contributed by atoms with Gasteiger partial charge in [0, 0.05) is 51.3 Å². The molecule has 2 fully saturated rings. The van der Waals surface area contributed by atoms with E-state index >= 15 is 0 Å². The molecule has 2 aliphatic heterocycles. The lowest BCUT2D eigenvalue weighted by Gasteiger charge is -2.39. The predicted molar refractivity (Wildman–Crippen MR) is 163 cm³/mol. The van der Waals surface area contributed by atoms with Crippen molar-refractivity contribution in [1.82, 2.24) is 20.2 Å². The van der Waals surface area contributed by atoms with Gasteiger partial charge in [0.15, 0.2) is 0 Å². The molecule has 4 atom stereocenters. The highest BCUT2D eigenvalue weighted by molar-refractivity contribution is 6.30. The third kappa shape index (κ3) is 10.2. The first-order valence-corrected chi connectivity index (χ1v) is 15.6. The number of hydrogen-bond donors (Lipinski definition) is 6. The molecule has 0 saturated carbocycles. The topological polar surface area (TPSA) is 198 Å². The van der Waals surface area contributed by atoms with Gasteiger partial charge in [-0.2, -0.15) is 0 Å². The van der Waals surface area contributed by atoms with Gasteiger partial charge in [0.1, 0.15) is 29.9 Å². The van der Waals surface area contributed by atoms with Crippen LogP contribution in [0.2, 0.25) is 5.02 Å². The summed E-state index contributed by atoms with van der Waals surface area (Å²) in [4.78, 5) is 36.9. The van der Waals surface area contributed by atoms with Crippen LogP contribution in [0.15, 0.2) is 30.6 Å². The van der Waals surface area contributed by atoms with E-state index in [1.54, 1.807) is 17.3 Å². The van der Waals surface area contributed by atoms with Crippen LogP contribution in [0.4, 0.5) is 15.1 Å². The van der Waals surface area contributed by atoms with Crippen LogP contribution in [0.3, 0.4) is 0 Å². The van der Waals surface area contributed by atoms with E-state index in [0.29, 0.717) is 42.9 Å². The van der Waals surface area contributed by atoms with Crippen molar-refractivity contribution in [1.29, 1.82) is 0 Å². The van der Waals surface area contributed by atoms with Gasteiger partial charge in [-0.25, -0.2) is 19.2 Å². The van der Waals surface area contributed by atoms with Gasteiger partial charge in [0.25, 0.3) is 0 Å². The number of amides is 1. The Hall–Kier alpha value is -3.18. The van der Waals surface area contributed by atoms with Crippen LogP contribution in [-0.4, -0.2) is 129 Å². The van der Waals surface area contributed by atoms with Crippen molar-refractivity contribution in [3.8, 4) is 5.75 Å². The standard InChI is InChI=1S/C30H41ClFN5O9/c31-21-12-34-29(35-13-21)36-6-3-18(4-7-36)5-8-45-30(44)46-22-2-1-20(23(32)10-22)9-26(41)37-15-19(16-37)11-33-14-24(39)27(42)28(43)25(40)17-38/h1-2,10,12-13,18-19,24-25,27-28,33,38-40,42-43H,3-9,11,14-17H2/t24-,25+,27+,28+/m0/s1. The molecule has 2 aliphatic rings. The zero-order valence-corrected chi connectivity index (χ0v) is 26.0. The van der Waals surface area contributed by atoms with Crippen molar-refractivity contribution >= 4 is 29.6 Å². The molecule has 4 rings (SSSR count). The van der Waals surface area contributed by atoms with E-state index in [0.717, 1.165) is 32.0 Å². The van der Waals surface area contributed by atoms with E-state index < -0.39 is 43.0 Å². The van der Waals surface area contributed by atoms with Crippen LogP contribution >= 0.6 is 11.6 Å². The molecule has 46 heavy (non-hydrogen) atoms. The van der Waals surface area contributed by atoms with Crippen LogP contribution in [-0.2, 0) is 16.0 Å². The maximum Gasteiger partial charge on any atom is 0.513 e. The molecule has 0 aliphatic carbocycles. The second-order valence-corrected chi connectivity index (χ2v) is 12.1. The van der Waals surface area contributed by atoms with E-state index in [4.69, 9.17) is 26.2 Å². The van der Waals surface area contributed by atoms with Crippen molar-refractivity contribution in [2.24, 2.45) is 11.8 Å². The third-order valence-electron chi connectivity index (χ3n) is 8.24. The Balaban J connectivity index is 1.09. The summed E-state index contributed by atoms with van der Waals surface area (Å²) in [5.74, 6) is 0.0867. The number of aliphatic hydroxyl groups is 5. The molecular weight excluding hydrogens is 629 g/mol. The van der Waals surface area contributed by atoms with E-state index in [1.165, 1.54) is 12.1 Å². The van der Waals surface area contributed by atoms with Crippen molar-refractivity contribution in [2.75, 3.05) is 57.4 Å². The minimum Gasteiger partial charge on any atom is -0.434 e. The Morgan fingerprint density at radius 1 is 1.04 bits per heavy atom. The molecule has 6 N–H and O–H groups in total. The Labute approximate surface area is 270 Å². The lowest BCUT2D eigenvalue weighted by molar-refractivity contribution is -0.136. The molecule has 3 heterocycles. The number of piperidine rings is 1. The molecule has 1 aromatic carbocycles. The highest BCUT2D eigenvalue weighted by Gasteiger charge is 2.32. The molecule has 2 aromatic rings. The maximum atomic E-state index is 14.7. The number of rotatable bonds is 15. The number of carbonyl (C=O) groups excluding carboxylic acids is 2. The minimum absolute atomic E-state index is 0.0317. The zero-order chi connectivity index (χ0) is 33.2. The number of aliphatic hydroxyl groups excluding tert-OH is 5. The summed E-state index contributed by atoms with van der Waals surface area (Å²) in [6, 6.07) is 3.83. The molecule has 0 spiro atoms. The minimum atomic E-state index is -1.70. The fraction of sp³-hybridized carbons (Fsp3) is 0.600. The molecule has 1 amide bonds. The SMILES string of the molecule is O=C(OCCC1CCN(c2ncc(Cl)cn2)CC1)Oc1ccc(CC(=O)N2CC(CNC[C@H](O)[C@@H](O)[C@H](O)[C@H](O)CO)C2)c(F)c1. The van der Waals surface area contributed by atoms with E-state index in [9.17, 15) is 34.4 Å². The van der Waals surface area contributed by atoms with Gasteiger partial charge in [-0.1, -0.05) is 17.7 Å². The van der Waals surface area contributed by atoms with E-state index in [1.807, 2.05) is 0 Å². The number of anilines is 1. The molecule has 2 saturated heterocycles. The molecule has 0 bridgehead atoms. The van der Waals surface area contributed by atoms with Crippen molar-refractivity contribution < 1.29 is 49.0 Å². The largest absolute Gasteiger partial charge is 0.513 e. The Morgan fingerprint density at radius 3 is 2.37 bits per heavy atom. The monoisotopic (exact) mass is 669 g/mol. The molecule has 0 unspecified atom stereocenters. The highest BCUT2D eigenvalue weighted by atomic mass is 35.5. The first-order chi connectivity index (χ1) is 22.0. The van der Waals surface area contributed by atoms with Gasteiger partial charge in [-0.05, 0) is 36.8 Å². The van der Waals surface area contributed by atoms with Gasteiger partial charge in [0.05, 0.1) is 43.2 Å². The van der Waals surface area contributed by atoms with Crippen molar-refractivity contribution in [2.45, 2.75) is 50.1 Å². The average Bonchev–Trinajstić information content (AvgIpc) is 3.02. The highest BCUT2D eigenvalue weighted by Crippen LogP contribution is 2.24. The van der Waals surface area contributed by atoms with Gasteiger partial charge < -0.3 is 50.1 Å². The number of ether oxygens (including phenoxy) is 2. The Morgan fingerprint density at radius 2 is 1.72 bits per heavy atom. The van der Waals surface area contributed by atoms with Gasteiger partial charge in [0.2, 0.25) is 11.9 Å². The van der Waals surface area contributed by atoms with Gasteiger partial charge >= 0.3 is 6.16 Å². The number of aromatic nitrogens is 2. The van der Waals surface area contributed by atoms with Crippen molar-refractivity contribution in [3.05, 3.63) is 47.0 Å². The number of carbonyl (C=O) groups is 2. The lowest BCUT2D eigenvalue weighted by Crippen LogP contribution is -2.55. The summed E-state index contributed by atoms with van der Waals surface area (Å²) in [6.45, 7) is 2.15. The maximum absolute atomic E-state index is 14.7. The lowest BCUT2D eigenvalue weighted by atomic mass is 9.94. The molecule has 16 heteroatoms. The Kier molecular flexibility index (Phi) is 13.3. The summed E-state index contributed by atoms with van der Waals surface area (Å²) in [6.07, 6.45) is -1.82. The average molecular weight is 670 g/mol. The molecule has 0 radical (unpaired) electrons. The first-order valence-electron chi connectivity index (χ1n) is 15.2. The van der Waals surface area contributed by atoms with Gasteiger partial charge in [-0.15, -0.1) is 0 Å². The van der Waals surface area contributed by atoms with Crippen LogP contribution in [0.1, 0.15) is 24.8 Å². The number of halogens is 2. The van der Waals surface area contributed by atoms with E-state index in [2.05, 4.69) is 20.2 Å². The van der Waals surface area contributed by atoms with Crippen LogP contribution < -0.4 is 15.0 Å². The van der Waals surface area contributed by atoms with Crippen LogP contribution in [0, 0.1) is 17.7 Å². The predicted octanol–water partition coefficient (Wildman–Crippen LogP) is 0.118. The Bertz CT molecular complexity index is 1280. The quantitative estimate of drug-likeness (QED) is 0.111. The molecular formula is C30H41ClFN5O9. The third-order valence-corrected chi connectivity index (χ3v) is 8.43. The van der Waals surface area contributed by atoms with Crippen LogP contribution in [0.25, 0.3) is 0 Å². The summed E-state index contributed by atoms with van der Waals surface area (Å²) in [5, 5.41) is 51.1. The number of benzene rings is 1. The second-order valence-electron chi connectivity index (χ2n) is 11.7. The van der Waals surface area contributed by atoms with Crippen LogP contribution in [0.5, 0.6) is 5.75 Å². The molecule has 14 nitrogen and oxygen atoms in total. The zero-order valence-electron chi connectivity index (χ0n) is 25.2. The fourth-order valence-corrected chi connectivity index (χ4v) is 5.45. The number of hydrogen-bond acceptors (Lipinski definition) is 13. The number of nitrogens with one attached hydrogen (secondary N) is 1. The molecule has 1 aromatic heterocycles. The molecule has 254 valence electrons. The smallest absolute Gasteiger partial charge is 0.434 e.